The van der Waals surface area contributed by atoms with Crippen LogP contribution in [0.4, 0.5) is 5.82 Å². The Kier molecular flexibility index (Phi) is 3.62. The van der Waals surface area contributed by atoms with Crippen molar-refractivity contribution in [2.24, 2.45) is 0 Å². The molecule has 96 valence electrons. The van der Waals surface area contributed by atoms with Gasteiger partial charge in [0.25, 0.3) is 5.91 Å². The van der Waals surface area contributed by atoms with Crippen molar-refractivity contribution in [2.75, 3.05) is 5.32 Å². The lowest BCUT2D eigenvalue weighted by Crippen LogP contribution is -2.15. The predicted molar refractivity (Wildman–Crippen MR) is 71.7 cm³/mol. The van der Waals surface area contributed by atoms with E-state index in [4.69, 9.17) is 5.26 Å². The minimum absolute atomic E-state index is 0.209. The molecule has 1 aromatic carbocycles. The van der Waals surface area contributed by atoms with Crippen LogP contribution in [0.2, 0.25) is 0 Å². The highest BCUT2D eigenvalue weighted by molar-refractivity contribution is 6.03. The number of benzene rings is 1. The molecular formula is C14H14N4O. The SMILES string of the molecule is CCn1nc(C)cc1NC(=O)c1ccc(C#N)cc1. The molecule has 0 fully saturated rings. The van der Waals surface area contributed by atoms with Gasteiger partial charge in [0.15, 0.2) is 0 Å². The van der Waals surface area contributed by atoms with E-state index in [-0.39, 0.29) is 5.91 Å². The number of anilines is 1. The Morgan fingerprint density at radius 2 is 2.11 bits per heavy atom. The molecule has 0 aliphatic heterocycles. The van der Waals surface area contributed by atoms with Gasteiger partial charge in [-0.05, 0) is 38.1 Å². The number of hydrogen-bond donors (Lipinski definition) is 1. The number of aromatic nitrogens is 2. The van der Waals surface area contributed by atoms with Gasteiger partial charge in [-0.25, -0.2) is 4.68 Å². The Hall–Kier alpha value is -2.61. The normalized spacial score (nSPS) is 9.95. The Balaban J connectivity index is 2.18. The third-order valence-corrected chi connectivity index (χ3v) is 2.72. The van der Waals surface area contributed by atoms with Gasteiger partial charge >= 0.3 is 0 Å². The predicted octanol–water partition coefficient (Wildman–Crippen LogP) is 2.34. The van der Waals surface area contributed by atoms with Crippen molar-refractivity contribution in [3.05, 3.63) is 47.2 Å². The van der Waals surface area contributed by atoms with E-state index in [1.807, 2.05) is 26.0 Å². The summed E-state index contributed by atoms with van der Waals surface area (Å²) in [4.78, 5) is 12.1. The van der Waals surface area contributed by atoms with Crippen LogP contribution in [0.3, 0.4) is 0 Å². The third kappa shape index (κ3) is 2.80. The summed E-state index contributed by atoms with van der Waals surface area (Å²) in [6.07, 6.45) is 0. The molecule has 5 heteroatoms. The molecule has 1 amide bonds. The van der Waals surface area contributed by atoms with Crippen LogP contribution in [0, 0.1) is 18.3 Å². The van der Waals surface area contributed by atoms with Gasteiger partial charge in [-0.2, -0.15) is 10.4 Å². The van der Waals surface area contributed by atoms with Crippen molar-refractivity contribution in [2.45, 2.75) is 20.4 Å². The fourth-order valence-electron chi connectivity index (χ4n) is 1.77. The second-order valence-electron chi connectivity index (χ2n) is 4.13. The first-order valence-electron chi connectivity index (χ1n) is 6.00. The first-order valence-corrected chi connectivity index (χ1v) is 6.00. The number of carbonyl (C=O) groups is 1. The third-order valence-electron chi connectivity index (χ3n) is 2.72. The number of aryl methyl sites for hydroxylation is 2. The number of amides is 1. The quantitative estimate of drug-likeness (QED) is 0.913. The highest BCUT2D eigenvalue weighted by Crippen LogP contribution is 2.12. The van der Waals surface area contributed by atoms with Crippen LogP contribution < -0.4 is 5.32 Å². The lowest BCUT2D eigenvalue weighted by atomic mass is 10.1. The Labute approximate surface area is 111 Å². The van der Waals surface area contributed by atoms with Gasteiger partial charge in [0.05, 0.1) is 17.3 Å². The van der Waals surface area contributed by atoms with E-state index in [1.165, 1.54) is 0 Å². The summed E-state index contributed by atoms with van der Waals surface area (Å²) in [6.45, 7) is 4.53. The van der Waals surface area contributed by atoms with Crippen molar-refractivity contribution in [3.63, 3.8) is 0 Å². The summed E-state index contributed by atoms with van der Waals surface area (Å²) in [7, 11) is 0. The maximum absolute atomic E-state index is 12.1. The minimum Gasteiger partial charge on any atom is -0.307 e. The molecule has 0 spiro atoms. The average molecular weight is 254 g/mol. The first kappa shape index (κ1) is 12.8. The van der Waals surface area contributed by atoms with Crippen LogP contribution in [0.1, 0.15) is 28.5 Å². The van der Waals surface area contributed by atoms with E-state index in [1.54, 1.807) is 28.9 Å². The van der Waals surface area contributed by atoms with Crippen molar-refractivity contribution in [1.82, 2.24) is 9.78 Å². The molecule has 0 aliphatic carbocycles. The maximum atomic E-state index is 12.1. The monoisotopic (exact) mass is 254 g/mol. The smallest absolute Gasteiger partial charge is 0.256 e. The van der Waals surface area contributed by atoms with E-state index in [0.29, 0.717) is 23.5 Å². The zero-order valence-electron chi connectivity index (χ0n) is 10.8. The highest BCUT2D eigenvalue weighted by Gasteiger charge is 2.10. The molecule has 0 unspecified atom stereocenters. The standard InChI is InChI=1S/C14H14N4O/c1-3-18-13(8-10(2)17-18)16-14(19)12-6-4-11(9-15)5-7-12/h4-8H,3H2,1-2H3,(H,16,19). The molecule has 1 N–H and O–H groups in total. The Morgan fingerprint density at radius 3 is 2.68 bits per heavy atom. The molecule has 0 saturated carbocycles. The summed E-state index contributed by atoms with van der Waals surface area (Å²) in [5.41, 5.74) is 1.91. The number of carbonyl (C=O) groups excluding carboxylic acids is 1. The van der Waals surface area contributed by atoms with Crippen molar-refractivity contribution < 1.29 is 4.79 Å². The molecule has 0 radical (unpaired) electrons. The Bertz CT molecular complexity index is 634. The minimum atomic E-state index is -0.209. The van der Waals surface area contributed by atoms with E-state index in [2.05, 4.69) is 10.4 Å². The first-order chi connectivity index (χ1) is 9.13. The van der Waals surface area contributed by atoms with Crippen LogP contribution in [0.25, 0.3) is 0 Å². The molecule has 1 heterocycles. The average Bonchev–Trinajstić information content (AvgIpc) is 2.78. The number of rotatable bonds is 3. The number of nitrogens with zero attached hydrogens (tertiary/aromatic N) is 3. The van der Waals surface area contributed by atoms with E-state index in [9.17, 15) is 4.79 Å². The second kappa shape index (κ2) is 5.36. The molecule has 0 saturated heterocycles. The second-order valence-corrected chi connectivity index (χ2v) is 4.13. The highest BCUT2D eigenvalue weighted by atomic mass is 16.1. The molecule has 19 heavy (non-hydrogen) atoms. The lowest BCUT2D eigenvalue weighted by Gasteiger charge is -2.06. The van der Waals surface area contributed by atoms with Gasteiger partial charge in [-0.1, -0.05) is 0 Å². The Morgan fingerprint density at radius 1 is 1.42 bits per heavy atom. The number of nitriles is 1. The van der Waals surface area contributed by atoms with Gasteiger partial charge in [0.2, 0.25) is 0 Å². The zero-order valence-corrected chi connectivity index (χ0v) is 10.8. The van der Waals surface area contributed by atoms with E-state index in [0.717, 1.165) is 5.69 Å². The van der Waals surface area contributed by atoms with Crippen LogP contribution in [-0.4, -0.2) is 15.7 Å². The van der Waals surface area contributed by atoms with E-state index >= 15 is 0 Å². The molecular weight excluding hydrogens is 240 g/mol. The molecule has 0 aliphatic rings. The van der Waals surface area contributed by atoms with Gasteiger partial charge < -0.3 is 5.32 Å². The van der Waals surface area contributed by atoms with Crippen molar-refractivity contribution in [1.29, 1.82) is 5.26 Å². The van der Waals surface area contributed by atoms with Crippen LogP contribution in [0.5, 0.6) is 0 Å². The topological polar surface area (TPSA) is 70.7 Å². The molecule has 1 aromatic heterocycles. The van der Waals surface area contributed by atoms with Gasteiger partial charge in [-0.3, -0.25) is 4.79 Å². The largest absolute Gasteiger partial charge is 0.307 e. The van der Waals surface area contributed by atoms with Crippen molar-refractivity contribution in [3.8, 4) is 6.07 Å². The number of hydrogen-bond acceptors (Lipinski definition) is 3. The molecule has 0 bridgehead atoms. The van der Waals surface area contributed by atoms with Crippen LogP contribution in [0.15, 0.2) is 30.3 Å². The van der Waals surface area contributed by atoms with Gasteiger partial charge in [-0.15, -0.1) is 0 Å². The van der Waals surface area contributed by atoms with Crippen LogP contribution >= 0.6 is 0 Å². The number of nitrogens with one attached hydrogen (secondary N) is 1. The summed E-state index contributed by atoms with van der Waals surface area (Å²) < 4.78 is 1.73. The molecule has 2 aromatic rings. The summed E-state index contributed by atoms with van der Waals surface area (Å²) in [5.74, 6) is 0.466. The van der Waals surface area contributed by atoms with E-state index < -0.39 is 0 Å². The molecule has 0 atom stereocenters. The summed E-state index contributed by atoms with van der Waals surface area (Å²) in [6, 6.07) is 10.4. The summed E-state index contributed by atoms with van der Waals surface area (Å²) in [5, 5.41) is 15.8. The molecule has 2 rings (SSSR count). The fourth-order valence-corrected chi connectivity index (χ4v) is 1.77. The maximum Gasteiger partial charge on any atom is 0.256 e. The van der Waals surface area contributed by atoms with Gasteiger partial charge in [0, 0.05) is 18.2 Å². The van der Waals surface area contributed by atoms with Crippen molar-refractivity contribution >= 4 is 11.7 Å². The lowest BCUT2D eigenvalue weighted by molar-refractivity contribution is 0.102. The van der Waals surface area contributed by atoms with Gasteiger partial charge in [0.1, 0.15) is 5.82 Å². The zero-order chi connectivity index (χ0) is 13.8. The molecule has 5 nitrogen and oxygen atoms in total. The summed E-state index contributed by atoms with van der Waals surface area (Å²) >= 11 is 0. The fraction of sp³-hybridized carbons (Fsp3) is 0.214. The van der Waals surface area contributed by atoms with Crippen LogP contribution in [-0.2, 0) is 6.54 Å².